The van der Waals surface area contributed by atoms with Gasteiger partial charge in [0, 0.05) is 25.4 Å². The van der Waals surface area contributed by atoms with Gasteiger partial charge < -0.3 is 24.1 Å². The number of aromatic nitrogens is 2. The molecule has 22 heavy (non-hydrogen) atoms. The molecule has 1 N–H and O–H groups in total. The van der Waals surface area contributed by atoms with Crippen LogP contribution < -0.4 is 14.8 Å². The van der Waals surface area contributed by atoms with E-state index in [1.54, 1.807) is 37.8 Å². The average molecular weight is 303 g/mol. The van der Waals surface area contributed by atoms with Crippen molar-refractivity contribution in [2.45, 2.75) is 13.1 Å². The summed E-state index contributed by atoms with van der Waals surface area (Å²) in [7, 11) is 1.65. The molecule has 0 bridgehead atoms. The maximum absolute atomic E-state index is 12.2. The van der Waals surface area contributed by atoms with Gasteiger partial charge in [-0.05, 0) is 18.2 Å². The Labute approximate surface area is 127 Å². The molecule has 1 aromatic carbocycles. The molecule has 0 atom stereocenters. The lowest BCUT2D eigenvalue weighted by atomic mass is 10.2. The van der Waals surface area contributed by atoms with Gasteiger partial charge in [0.15, 0.2) is 11.5 Å². The van der Waals surface area contributed by atoms with E-state index in [2.05, 4.69) is 10.3 Å². The SMILES string of the molecule is COCCn1cncc1CNC(=O)c1ccc2c(c1)OCO2. The molecule has 0 saturated carbocycles. The third-order valence-corrected chi connectivity index (χ3v) is 3.40. The van der Waals surface area contributed by atoms with E-state index in [-0.39, 0.29) is 12.7 Å². The van der Waals surface area contributed by atoms with Crippen molar-refractivity contribution < 1.29 is 19.0 Å². The predicted octanol–water partition coefficient (Wildman–Crippen LogP) is 1.19. The first-order valence-corrected chi connectivity index (χ1v) is 6.93. The van der Waals surface area contributed by atoms with Gasteiger partial charge >= 0.3 is 0 Å². The monoisotopic (exact) mass is 303 g/mol. The molecule has 0 aliphatic carbocycles. The summed E-state index contributed by atoms with van der Waals surface area (Å²) in [6.07, 6.45) is 3.46. The third kappa shape index (κ3) is 3.04. The number of carbonyl (C=O) groups excluding carboxylic acids is 1. The number of imidazole rings is 1. The Balaban J connectivity index is 1.62. The lowest BCUT2D eigenvalue weighted by Gasteiger charge is -2.09. The summed E-state index contributed by atoms with van der Waals surface area (Å²) >= 11 is 0. The highest BCUT2D eigenvalue weighted by Gasteiger charge is 2.16. The van der Waals surface area contributed by atoms with Crippen molar-refractivity contribution in [1.29, 1.82) is 0 Å². The first-order valence-electron chi connectivity index (χ1n) is 6.93. The van der Waals surface area contributed by atoms with Crippen molar-refractivity contribution in [1.82, 2.24) is 14.9 Å². The van der Waals surface area contributed by atoms with Crippen LogP contribution in [0, 0.1) is 0 Å². The molecule has 1 aromatic heterocycles. The standard InChI is InChI=1S/C15H17N3O4/c1-20-5-4-18-9-16-7-12(18)8-17-15(19)11-2-3-13-14(6-11)22-10-21-13/h2-3,6-7,9H,4-5,8,10H2,1H3,(H,17,19). The number of rotatable bonds is 6. The molecular weight excluding hydrogens is 286 g/mol. The highest BCUT2D eigenvalue weighted by atomic mass is 16.7. The molecule has 2 heterocycles. The number of carbonyl (C=O) groups is 1. The second-order valence-corrected chi connectivity index (χ2v) is 4.82. The number of ether oxygens (including phenoxy) is 3. The molecule has 0 fully saturated rings. The maximum atomic E-state index is 12.2. The lowest BCUT2D eigenvalue weighted by Crippen LogP contribution is -2.24. The second kappa shape index (κ2) is 6.48. The van der Waals surface area contributed by atoms with Crippen LogP contribution in [-0.4, -0.2) is 36.0 Å². The summed E-state index contributed by atoms with van der Waals surface area (Å²) in [6, 6.07) is 5.13. The fourth-order valence-electron chi connectivity index (χ4n) is 2.20. The topological polar surface area (TPSA) is 74.6 Å². The van der Waals surface area contributed by atoms with Crippen LogP contribution in [0.25, 0.3) is 0 Å². The third-order valence-electron chi connectivity index (χ3n) is 3.40. The molecule has 116 valence electrons. The van der Waals surface area contributed by atoms with Crippen molar-refractivity contribution in [3.63, 3.8) is 0 Å². The Kier molecular flexibility index (Phi) is 4.24. The molecule has 0 saturated heterocycles. The summed E-state index contributed by atoms with van der Waals surface area (Å²) in [6.45, 7) is 1.89. The number of amides is 1. The van der Waals surface area contributed by atoms with Gasteiger partial charge in [0.2, 0.25) is 6.79 Å². The highest BCUT2D eigenvalue weighted by Crippen LogP contribution is 2.32. The maximum Gasteiger partial charge on any atom is 0.251 e. The molecule has 7 heteroatoms. The zero-order valence-corrected chi connectivity index (χ0v) is 12.2. The van der Waals surface area contributed by atoms with Gasteiger partial charge in [0.1, 0.15) is 0 Å². The smallest absolute Gasteiger partial charge is 0.251 e. The Morgan fingerprint density at radius 1 is 1.41 bits per heavy atom. The minimum absolute atomic E-state index is 0.169. The predicted molar refractivity (Wildman–Crippen MR) is 77.8 cm³/mol. The molecule has 1 aliphatic heterocycles. The molecule has 3 rings (SSSR count). The number of nitrogens with zero attached hydrogens (tertiary/aromatic N) is 2. The van der Waals surface area contributed by atoms with E-state index in [0.717, 1.165) is 5.69 Å². The van der Waals surface area contributed by atoms with Gasteiger partial charge in [-0.2, -0.15) is 0 Å². The van der Waals surface area contributed by atoms with E-state index in [0.29, 0.717) is 36.8 Å². The quantitative estimate of drug-likeness (QED) is 0.867. The Bertz CT molecular complexity index is 669. The van der Waals surface area contributed by atoms with Gasteiger partial charge in [-0.15, -0.1) is 0 Å². The van der Waals surface area contributed by atoms with E-state index in [9.17, 15) is 4.79 Å². The highest BCUT2D eigenvalue weighted by molar-refractivity contribution is 5.94. The summed E-state index contributed by atoms with van der Waals surface area (Å²) in [5, 5.41) is 2.87. The number of fused-ring (bicyclic) bond motifs is 1. The first kappa shape index (κ1) is 14.4. The van der Waals surface area contributed by atoms with Crippen molar-refractivity contribution in [2.24, 2.45) is 0 Å². The number of methoxy groups -OCH3 is 1. The summed E-state index contributed by atoms with van der Waals surface area (Å²) in [5.74, 6) is 1.09. The molecule has 2 aromatic rings. The van der Waals surface area contributed by atoms with E-state index < -0.39 is 0 Å². The summed E-state index contributed by atoms with van der Waals surface area (Å²) < 4.78 is 17.5. The first-order chi connectivity index (χ1) is 10.8. The van der Waals surface area contributed by atoms with Gasteiger partial charge in [-0.25, -0.2) is 4.98 Å². The van der Waals surface area contributed by atoms with Gasteiger partial charge in [-0.3, -0.25) is 4.79 Å². The fourth-order valence-corrected chi connectivity index (χ4v) is 2.20. The van der Waals surface area contributed by atoms with Crippen LogP contribution in [0.5, 0.6) is 11.5 Å². The average Bonchev–Trinajstić information content (AvgIpc) is 3.18. The van der Waals surface area contributed by atoms with E-state index >= 15 is 0 Å². The van der Waals surface area contributed by atoms with Crippen molar-refractivity contribution in [3.05, 3.63) is 42.0 Å². The minimum Gasteiger partial charge on any atom is -0.454 e. The van der Waals surface area contributed by atoms with Crippen molar-refractivity contribution in [2.75, 3.05) is 20.5 Å². The van der Waals surface area contributed by atoms with Gasteiger partial charge in [0.25, 0.3) is 5.91 Å². The molecule has 0 unspecified atom stereocenters. The van der Waals surface area contributed by atoms with Crippen molar-refractivity contribution >= 4 is 5.91 Å². The molecule has 1 amide bonds. The van der Waals surface area contributed by atoms with E-state index in [4.69, 9.17) is 14.2 Å². The van der Waals surface area contributed by atoms with Crippen LogP contribution in [0.3, 0.4) is 0 Å². The van der Waals surface area contributed by atoms with Crippen LogP contribution in [0.2, 0.25) is 0 Å². The minimum atomic E-state index is -0.169. The van der Waals surface area contributed by atoms with Crippen LogP contribution in [0.1, 0.15) is 16.1 Å². The molecule has 0 spiro atoms. The molecule has 0 radical (unpaired) electrons. The fraction of sp³-hybridized carbons (Fsp3) is 0.333. The van der Waals surface area contributed by atoms with Crippen LogP contribution in [0.4, 0.5) is 0 Å². The van der Waals surface area contributed by atoms with Crippen LogP contribution >= 0.6 is 0 Å². The summed E-state index contributed by atoms with van der Waals surface area (Å²) in [4.78, 5) is 16.3. The summed E-state index contributed by atoms with van der Waals surface area (Å²) in [5.41, 5.74) is 1.46. The van der Waals surface area contributed by atoms with Gasteiger partial charge in [-0.1, -0.05) is 0 Å². The van der Waals surface area contributed by atoms with E-state index in [1.807, 2.05) is 4.57 Å². The van der Waals surface area contributed by atoms with Crippen LogP contribution in [-0.2, 0) is 17.8 Å². The van der Waals surface area contributed by atoms with Crippen molar-refractivity contribution in [3.8, 4) is 11.5 Å². The number of benzene rings is 1. The van der Waals surface area contributed by atoms with E-state index in [1.165, 1.54) is 0 Å². The second-order valence-electron chi connectivity index (χ2n) is 4.82. The largest absolute Gasteiger partial charge is 0.454 e. The Morgan fingerprint density at radius 3 is 3.14 bits per heavy atom. The number of nitrogens with one attached hydrogen (secondary N) is 1. The molecular formula is C15H17N3O4. The molecule has 7 nitrogen and oxygen atoms in total. The van der Waals surface area contributed by atoms with Crippen LogP contribution in [0.15, 0.2) is 30.7 Å². The zero-order chi connectivity index (χ0) is 15.4. The normalized spacial score (nSPS) is 12.4. The lowest BCUT2D eigenvalue weighted by molar-refractivity contribution is 0.0949. The number of hydrogen-bond acceptors (Lipinski definition) is 5. The molecule has 1 aliphatic rings. The van der Waals surface area contributed by atoms with Gasteiger partial charge in [0.05, 0.1) is 25.2 Å². The Hall–Kier alpha value is -2.54. The number of hydrogen-bond donors (Lipinski definition) is 1. The zero-order valence-electron chi connectivity index (χ0n) is 12.2. The Morgan fingerprint density at radius 2 is 2.27 bits per heavy atom.